The fraction of sp³-hybridized carbons (Fsp3) is 0.158. The molecule has 3 aromatic rings. The van der Waals surface area contributed by atoms with Crippen LogP contribution >= 0.6 is 11.6 Å². The maximum absolute atomic E-state index is 12.4. The van der Waals surface area contributed by atoms with Gasteiger partial charge in [0.05, 0.1) is 23.5 Å². The van der Waals surface area contributed by atoms with E-state index >= 15 is 0 Å². The lowest BCUT2D eigenvalue weighted by molar-refractivity contribution is -0.115. The third-order valence-corrected chi connectivity index (χ3v) is 5.12. The number of carbonyl (C=O) groups excluding carboxylic acids is 1. The number of carbonyl (C=O) groups is 1. The Morgan fingerprint density at radius 3 is 2.67 bits per heavy atom. The van der Waals surface area contributed by atoms with Gasteiger partial charge in [-0.15, -0.1) is 5.14 Å². The maximum atomic E-state index is 12.4. The van der Waals surface area contributed by atoms with E-state index in [1.807, 2.05) is 13.0 Å². The Labute approximate surface area is 165 Å². The summed E-state index contributed by atoms with van der Waals surface area (Å²) in [5, 5.41) is 12.8. The third-order valence-electron chi connectivity index (χ3n) is 4.05. The average molecular weight is 404 g/mol. The van der Waals surface area contributed by atoms with Crippen molar-refractivity contribution in [1.29, 1.82) is 0 Å². The van der Waals surface area contributed by atoms with Crippen LogP contribution in [0.4, 0.5) is 5.69 Å². The first-order valence-corrected chi connectivity index (χ1v) is 9.72. The number of halogens is 1. The van der Waals surface area contributed by atoms with Crippen LogP contribution in [-0.4, -0.2) is 15.6 Å². The van der Waals surface area contributed by atoms with Gasteiger partial charge in [-0.2, -0.15) is 0 Å². The van der Waals surface area contributed by atoms with Crippen LogP contribution < -0.4 is 10.5 Å². The highest BCUT2D eigenvalue weighted by Gasteiger charge is 2.18. The van der Waals surface area contributed by atoms with E-state index in [4.69, 9.17) is 21.3 Å². The second-order valence-corrected chi connectivity index (χ2v) is 7.53. The molecule has 6 nitrogen and oxygen atoms in total. The number of benzene rings is 2. The lowest BCUT2D eigenvalue weighted by atomic mass is 10.0. The summed E-state index contributed by atoms with van der Waals surface area (Å²) in [5.74, 6) is 0.383. The zero-order chi connectivity index (χ0) is 19.6. The van der Waals surface area contributed by atoms with Crippen LogP contribution in [0.5, 0.6) is 0 Å². The summed E-state index contributed by atoms with van der Waals surface area (Å²) >= 11 is 4.41. The van der Waals surface area contributed by atoms with Crippen molar-refractivity contribution in [3.63, 3.8) is 0 Å². The summed E-state index contributed by atoms with van der Waals surface area (Å²) in [7, 11) is 0. The minimum atomic E-state index is -1.70. The van der Waals surface area contributed by atoms with Crippen LogP contribution in [0.2, 0.25) is 5.02 Å². The lowest BCUT2D eigenvalue weighted by Crippen LogP contribution is -2.16. The number of aromatic nitrogens is 1. The molecule has 1 amide bonds. The number of hydrogen-bond acceptors (Lipinski definition) is 5. The normalized spacial score (nSPS) is 12.0. The summed E-state index contributed by atoms with van der Waals surface area (Å²) in [6.45, 7) is 3.60. The van der Waals surface area contributed by atoms with E-state index in [1.165, 1.54) is 0 Å². The fourth-order valence-electron chi connectivity index (χ4n) is 2.85. The fourth-order valence-corrected chi connectivity index (χ4v) is 3.54. The first-order chi connectivity index (χ1) is 12.8. The van der Waals surface area contributed by atoms with Crippen molar-refractivity contribution in [2.45, 2.75) is 25.2 Å². The molecule has 27 heavy (non-hydrogen) atoms. The highest BCUT2D eigenvalue weighted by atomic mass is 35.5. The smallest absolute Gasteiger partial charge is 0.228 e. The summed E-state index contributed by atoms with van der Waals surface area (Å²) in [6.07, 6.45) is 0.121. The molecule has 0 spiro atoms. The van der Waals surface area contributed by atoms with Gasteiger partial charge in [-0.1, -0.05) is 35.0 Å². The number of nitrogens with zero attached hydrogens (tertiary/aromatic N) is 1. The Hall–Kier alpha value is -2.32. The first kappa shape index (κ1) is 19.4. The van der Waals surface area contributed by atoms with Gasteiger partial charge in [-0.25, -0.2) is 0 Å². The Kier molecular flexibility index (Phi) is 5.86. The molecule has 0 aliphatic heterocycles. The van der Waals surface area contributed by atoms with Crippen LogP contribution in [0.25, 0.3) is 11.1 Å². The third kappa shape index (κ3) is 4.51. The van der Waals surface area contributed by atoms with Gasteiger partial charge in [0.1, 0.15) is 5.76 Å². The highest BCUT2D eigenvalue weighted by molar-refractivity contribution is 7.89. The van der Waals surface area contributed by atoms with Crippen LogP contribution in [0, 0.1) is 13.8 Å². The SMILES string of the molecule is Cc1noc(C)c1-c1cc(NC(=O)Cc2ccccc2Cl)cc([S+](N)[O-])c1. The lowest BCUT2D eigenvalue weighted by Gasteiger charge is -2.11. The monoisotopic (exact) mass is 403 g/mol. The summed E-state index contributed by atoms with van der Waals surface area (Å²) in [5.41, 5.74) is 3.40. The van der Waals surface area contributed by atoms with E-state index in [9.17, 15) is 9.35 Å². The quantitative estimate of drug-likeness (QED) is 0.631. The zero-order valence-electron chi connectivity index (χ0n) is 14.8. The van der Waals surface area contributed by atoms with Crippen molar-refractivity contribution in [1.82, 2.24) is 5.16 Å². The Morgan fingerprint density at radius 2 is 2.04 bits per heavy atom. The molecule has 1 aromatic heterocycles. The predicted molar refractivity (Wildman–Crippen MR) is 106 cm³/mol. The van der Waals surface area contributed by atoms with Crippen LogP contribution in [0.15, 0.2) is 51.9 Å². The second-order valence-electron chi connectivity index (χ2n) is 6.06. The molecule has 0 bridgehead atoms. The van der Waals surface area contributed by atoms with E-state index in [0.29, 0.717) is 27.1 Å². The first-order valence-electron chi connectivity index (χ1n) is 8.13. The Morgan fingerprint density at radius 1 is 1.30 bits per heavy atom. The van der Waals surface area contributed by atoms with Gasteiger partial charge >= 0.3 is 0 Å². The van der Waals surface area contributed by atoms with E-state index in [0.717, 1.165) is 16.7 Å². The topological polar surface area (TPSA) is 104 Å². The van der Waals surface area contributed by atoms with Gasteiger partial charge in [-0.3, -0.25) is 4.79 Å². The molecule has 3 rings (SSSR count). The molecule has 1 atom stereocenters. The minimum Gasteiger partial charge on any atom is -0.593 e. The number of rotatable bonds is 5. The predicted octanol–water partition coefficient (Wildman–Crippen LogP) is 3.77. The molecule has 2 aromatic carbocycles. The summed E-state index contributed by atoms with van der Waals surface area (Å²) < 4.78 is 17.0. The van der Waals surface area contributed by atoms with Crippen molar-refractivity contribution in [2.24, 2.45) is 5.14 Å². The standard InChI is InChI=1S/C19H18ClN3O3S/c1-11-19(12(2)26-23-11)14-7-15(10-16(8-14)27(21)25)22-18(24)9-13-5-3-4-6-17(13)20/h3-8,10H,9,21H2,1-2H3,(H,22,24). The molecule has 0 radical (unpaired) electrons. The number of anilines is 1. The Bertz CT molecular complexity index is 969. The van der Waals surface area contributed by atoms with Crippen LogP contribution in [0.1, 0.15) is 17.0 Å². The van der Waals surface area contributed by atoms with Gasteiger partial charge in [0.25, 0.3) is 0 Å². The van der Waals surface area contributed by atoms with Crippen molar-refractivity contribution in [3.05, 3.63) is 64.5 Å². The summed E-state index contributed by atoms with van der Waals surface area (Å²) in [6, 6.07) is 12.2. The molecule has 1 unspecified atom stereocenters. The van der Waals surface area contributed by atoms with Gasteiger partial charge in [-0.05, 0) is 37.1 Å². The molecule has 140 valence electrons. The van der Waals surface area contributed by atoms with Crippen molar-refractivity contribution in [3.8, 4) is 11.1 Å². The molecule has 0 saturated heterocycles. The van der Waals surface area contributed by atoms with Crippen molar-refractivity contribution >= 4 is 34.6 Å². The minimum absolute atomic E-state index is 0.121. The Balaban J connectivity index is 1.91. The maximum Gasteiger partial charge on any atom is 0.228 e. The zero-order valence-corrected chi connectivity index (χ0v) is 16.4. The van der Waals surface area contributed by atoms with E-state index in [1.54, 1.807) is 43.3 Å². The van der Waals surface area contributed by atoms with E-state index < -0.39 is 11.4 Å². The molecular formula is C19H18ClN3O3S. The molecule has 3 N–H and O–H groups in total. The van der Waals surface area contributed by atoms with Gasteiger partial charge in [0.2, 0.25) is 5.91 Å². The van der Waals surface area contributed by atoms with Gasteiger partial charge < -0.3 is 14.4 Å². The van der Waals surface area contributed by atoms with Crippen molar-refractivity contribution in [2.75, 3.05) is 5.32 Å². The molecule has 1 heterocycles. The van der Waals surface area contributed by atoms with Gasteiger partial charge in [0, 0.05) is 28.4 Å². The highest BCUT2D eigenvalue weighted by Crippen LogP contribution is 2.31. The molecule has 0 aliphatic rings. The van der Waals surface area contributed by atoms with Crippen LogP contribution in [0.3, 0.4) is 0 Å². The molecule has 8 heteroatoms. The summed E-state index contributed by atoms with van der Waals surface area (Å²) in [4.78, 5) is 12.8. The van der Waals surface area contributed by atoms with Gasteiger partial charge in [0.15, 0.2) is 4.90 Å². The molecular weight excluding hydrogens is 386 g/mol. The number of aryl methyl sites for hydroxylation is 2. The second kappa shape index (κ2) is 8.14. The molecule has 0 saturated carbocycles. The molecule has 0 aliphatic carbocycles. The average Bonchev–Trinajstić information content (AvgIpc) is 2.95. The largest absolute Gasteiger partial charge is 0.593 e. The number of amides is 1. The molecule has 0 fully saturated rings. The number of hydrogen-bond donors (Lipinski definition) is 2. The number of nitrogens with two attached hydrogens (primary N) is 1. The van der Waals surface area contributed by atoms with Crippen LogP contribution in [-0.2, 0) is 22.6 Å². The van der Waals surface area contributed by atoms with E-state index in [-0.39, 0.29) is 12.3 Å². The van der Waals surface area contributed by atoms with Crippen molar-refractivity contribution < 1.29 is 13.9 Å². The van der Waals surface area contributed by atoms with E-state index in [2.05, 4.69) is 10.5 Å². The number of nitrogens with one attached hydrogen (secondary N) is 1.